The average Bonchev–Trinajstić information content (AvgIpc) is 3.13. The fourth-order valence-corrected chi connectivity index (χ4v) is 4.63. The van der Waals surface area contributed by atoms with Crippen molar-refractivity contribution in [2.75, 3.05) is 31.1 Å². The van der Waals surface area contributed by atoms with Crippen LogP contribution in [0.3, 0.4) is 0 Å². The summed E-state index contributed by atoms with van der Waals surface area (Å²) in [6.45, 7) is 5.64. The van der Waals surface area contributed by atoms with Crippen molar-refractivity contribution < 1.29 is 18.0 Å². The highest BCUT2D eigenvalue weighted by atomic mass is 35.5. The summed E-state index contributed by atoms with van der Waals surface area (Å²) in [5.74, 6) is -2.53. The van der Waals surface area contributed by atoms with E-state index in [9.17, 15) is 13.6 Å². The van der Waals surface area contributed by atoms with Gasteiger partial charge >= 0.3 is 0 Å². The van der Waals surface area contributed by atoms with E-state index in [2.05, 4.69) is 11.0 Å². The van der Waals surface area contributed by atoms with Crippen LogP contribution in [0.4, 0.5) is 18.2 Å². The number of piperazine rings is 1. The molecule has 0 radical (unpaired) electrons. The zero-order valence-electron chi connectivity index (χ0n) is 15.1. The van der Waals surface area contributed by atoms with Gasteiger partial charge in [0.2, 0.25) is 5.91 Å². The quantitative estimate of drug-likeness (QED) is 0.548. The Hall–Kier alpha value is -2.58. The molecular weight excluding hydrogens is 423 g/mol. The number of hydrogen-bond acceptors (Lipinski definition) is 4. The summed E-state index contributed by atoms with van der Waals surface area (Å²) in [7, 11) is 0. The predicted molar refractivity (Wildman–Crippen MR) is 109 cm³/mol. The number of halogens is 4. The molecule has 0 aliphatic carbocycles. The average molecular weight is 438 g/mol. The molecule has 1 aliphatic heterocycles. The molecule has 1 aliphatic rings. The zero-order chi connectivity index (χ0) is 20.7. The van der Waals surface area contributed by atoms with Crippen LogP contribution < -0.4 is 4.90 Å². The highest BCUT2D eigenvalue weighted by Crippen LogP contribution is 2.41. The molecule has 3 aromatic rings. The first-order valence-electron chi connectivity index (χ1n) is 8.79. The number of aromatic nitrogens is 1. The second kappa shape index (κ2) is 7.68. The van der Waals surface area contributed by atoms with Gasteiger partial charge in [0.1, 0.15) is 22.2 Å². The normalized spacial score (nSPS) is 14.5. The molecule has 4 nitrogen and oxygen atoms in total. The fraction of sp³-hybridized carbons (Fsp3) is 0.200. The maximum atomic E-state index is 15.2. The van der Waals surface area contributed by atoms with Crippen LogP contribution in [0, 0.1) is 17.5 Å². The molecule has 150 valence electrons. The standard InChI is InChI=1S/C20H15ClF3N3OS/c1-2-16(28)26-5-7-27(8-6-26)20-13-10-14(21)17(18(24)19(13)25-29-20)12-4-3-11(22)9-15(12)23/h2-4,9-10H,1,5-8H2. The van der Waals surface area contributed by atoms with Crippen LogP contribution in [-0.2, 0) is 4.79 Å². The molecule has 9 heteroatoms. The maximum absolute atomic E-state index is 15.2. The van der Waals surface area contributed by atoms with Crippen molar-refractivity contribution in [3.05, 3.63) is 59.4 Å². The largest absolute Gasteiger partial charge is 0.358 e. The minimum absolute atomic E-state index is 0.0161. The molecule has 1 amide bonds. The van der Waals surface area contributed by atoms with Crippen LogP contribution >= 0.6 is 23.1 Å². The van der Waals surface area contributed by atoms with Gasteiger partial charge in [-0.15, -0.1) is 0 Å². The zero-order valence-corrected chi connectivity index (χ0v) is 16.7. The smallest absolute Gasteiger partial charge is 0.246 e. The molecule has 0 spiro atoms. The Kier molecular flexibility index (Phi) is 5.23. The second-order valence-electron chi connectivity index (χ2n) is 6.57. The highest BCUT2D eigenvalue weighted by molar-refractivity contribution is 7.11. The number of amides is 1. The molecule has 2 heterocycles. The molecule has 1 saturated heterocycles. The third-order valence-corrected chi connectivity index (χ3v) is 6.12. The molecule has 1 aromatic heterocycles. The second-order valence-corrected chi connectivity index (χ2v) is 7.73. The van der Waals surface area contributed by atoms with Crippen LogP contribution in [-0.4, -0.2) is 41.4 Å². The van der Waals surface area contributed by atoms with E-state index in [0.717, 1.165) is 28.7 Å². The monoisotopic (exact) mass is 437 g/mol. The number of nitrogens with zero attached hydrogens (tertiary/aromatic N) is 3. The van der Waals surface area contributed by atoms with E-state index in [1.54, 1.807) is 11.0 Å². The lowest BCUT2D eigenvalue weighted by atomic mass is 10.0. The topological polar surface area (TPSA) is 36.4 Å². The molecule has 29 heavy (non-hydrogen) atoms. The van der Waals surface area contributed by atoms with E-state index in [0.29, 0.717) is 37.6 Å². The first-order chi connectivity index (χ1) is 13.9. The van der Waals surface area contributed by atoms with Crippen molar-refractivity contribution in [2.45, 2.75) is 0 Å². The van der Waals surface area contributed by atoms with Crippen molar-refractivity contribution in [3.8, 4) is 11.1 Å². The number of fused-ring (bicyclic) bond motifs is 1. The van der Waals surface area contributed by atoms with Gasteiger partial charge in [-0.05, 0) is 35.8 Å². The van der Waals surface area contributed by atoms with Crippen molar-refractivity contribution >= 4 is 44.9 Å². The lowest BCUT2D eigenvalue weighted by Crippen LogP contribution is -2.48. The van der Waals surface area contributed by atoms with Gasteiger partial charge in [0, 0.05) is 48.8 Å². The molecule has 0 saturated carbocycles. The highest BCUT2D eigenvalue weighted by Gasteiger charge is 2.26. The van der Waals surface area contributed by atoms with Crippen LogP contribution in [0.1, 0.15) is 0 Å². The Labute approximate surface area is 174 Å². The van der Waals surface area contributed by atoms with E-state index in [1.165, 1.54) is 6.08 Å². The maximum Gasteiger partial charge on any atom is 0.246 e. The van der Waals surface area contributed by atoms with E-state index in [1.807, 2.05) is 4.90 Å². The lowest BCUT2D eigenvalue weighted by Gasteiger charge is -2.34. The Morgan fingerprint density at radius 2 is 1.90 bits per heavy atom. The summed E-state index contributed by atoms with van der Waals surface area (Å²) in [6.07, 6.45) is 1.28. The van der Waals surface area contributed by atoms with Crippen molar-refractivity contribution in [3.63, 3.8) is 0 Å². The van der Waals surface area contributed by atoms with E-state index >= 15 is 4.39 Å². The Bertz CT molecular complexity index is 1130. The molecule has 0 bridgehead atoms. The van der Waals surface area contributed by atoms with E-state index in [-0.39, 0.29) is 27.6 Å². The molecule has 0 N–H and O–H groups in total. The van der Waals surface area contributed by atoms with Crippen molar-refractivity contribution in [1.29, 1.82) is 0 Å². The van der Waals surface area contributed by atoms with Gasteiger partial charge in [0.25, 0.3) is 0 Å². The number of benzene rings is 2. The Balaban J connectivity index is 1.72. The van der Waals surface area contributed by atoms with E-state index in [4.69, 9.17) is 11.6 Å². The van der Waals surface area contributed by atoms with E-state index < -0.39 is 17.5 Å². The van der Waals surface area contributed by atoms with Crippen LogP contribution in [0.15, 0.2) is 36.9 Å². The molecule has 0 atom stereocenters. The third kappa shape index (κ3) is 3.47. The summed E-state index contributed by atoms with van der Waals surface area (Å²) in [5.41, 5.74) is -0.186. The minimum atomic E-state index is -0.899. The molecule has 2 aromatic carbocycles. The predicted octanol–water partition coefficient (Wildman–Crippen LogP) is 4.87. The first kappa shape index (κ1) is 19.7. The molecule has 0 unspecified atom stereocenters. The van der Waals surface area contributed by atoms with Gasteiger partial charge in [-0.25, -0.2) is 13.2 Å². The number of carbonyl (C=O) groups excluding carboxylic acids is 1. The Morgan fingerprint density at radius 1 is 1.17 bits per heavy atom. The summed E-state index contributed by atoms with van der Waals surface area (Å²) in [5, 5.41) is 1.27. The fourth-order valence-electron chi connectivity index (χ4n) is 3.43. The summed E-state index contributed by atoms with van der Waals surface area (Å²) in [6, 6.07) is 4.45. The number of anilines is 1. The summed E-state index contributed by atoms with van der Waals surface area (Å²) < 4.78 is 46.8. The van der Waals surface area contributed by atoms with Crippen LogP contribution in [0.2, 0.25) is 5.02 Å². The van der Waals surface area contributed by atoms with Gasteiger partial charge in [-0.1, -0.05) is 18.2 Å². The number of carbonyl (C=O) groups is 1. The lowest BCUT2D eigenvalue weighted by molar-refractivity contribution is -0.126. The Morgan fingerprint density at radius 3 is 2.55 bits per heavy atom. The van der Waals surface area contributed by atoms with Gasteiger partial charge in [0.15, 0.2) is 5.82 Å². The molecule has 4 rings (SSSR count). The number of rotatable bonds is 3. The van der Waals surface area contributed by atoms with Gasteiger partial charge in [-0.3, -0.25) is 4.79 Å². The summed E-state index contributed by atoms with van der Waals surface area (Å²) in [4.78, 5) is 15.4. The van der Waals surface area contributed by atoms with Crippen LogP contribution in [0.25, 0.3) is 22.0 Å². The van der Waals surface area contributed by atoms with Crippen LogP contribution in [0.5, 0.6) is 0 Å². The van der Waals surface area contributed by atoms with Gasteiger partial charge in [0.05, 0.1) is 5.02 Å². The molecular formula is C20H15ClF3N3OS. The number of hydrogen-bond donors (Lipinski definition) is 0. The molecule has 1 fully saturated rings. The van der Waals surface area contributed by atoms with Gasteiger partial charge < -0.3 is 9.80 Å². The summed E-state index contributed by atoms with van der Waals surface area (Å²) >= 11 is 7.42. The minimum Gasteiger partial charge on any atom is -0.358 e. The SMILES string of the molecule is C=CC(=O)N1CCN(c2snc3c(F)c(-c4ccc(F)cc4F)c(Cl)cc23)CC1. The van der Waals surface area contributed by atoms with Crippen molar-refractivity contribution in [1.82, 2.24) is 9.27 Å². The third-order valence-electron chi connectivity index (χ3n) is 4.90. The van der Waals surface area contributed by atoms with Gasteiger partial charge in [-0.2, -0.15) is 4.37 Å². The first-order valence-corrected chi connectivity index (χ1v) is 9.95. The van der Waals surface area contributed by atoms with Crippen molar-refractivity contribution in [2.24, 2.45) is 0 Å².